The number of benzene rings is 1. The highest BCUT2D eigenvalue weighted by Crippen LogP contribution is 2.36. The number of carbonyl (C=O) groups excluding carboxylic acids is 1. The molecule has 1 aromatic carbocycles. The molecule has 3 heteroatoms. The lowest BCUT2D eigenvalue weighted by Gasteiger charge is -2.31. The van der Waals surface area contributed by atoms with Crippen molar-refractivity contribution in [3.05, 3.63) is 29.8 Å². The molecule has 108 valence electrons. The molecule has 0 saturated heterocycles. The molecule has 1 N–H and O–H groups in total. The highest BCUT2D eigenvalue weighted by atomic mass is 16.2. The van der Waals surface area contributed by atoms with Crippen LogP contribution in [0.3, 0.4) is 0 Å². The fourth-order valence-corrected chi connectivity index (χ4v) is 3.11. The molecule has 20 heavy (non-hydrogen) atoms. The van der Waals surface area contributed by atoms with E-state index < -0.39 is 0 Å². The number of hydrogen-bond acceptors (Lipinski definition) is 2. The number of unbranched alkanes of at least 4 members (excludes halogenated alkanes) is 1. The minimum absolute atomic E-state index is 0.0601. The second-order valence-corrected chi connectivity index (χ2v) is 5.97. The molecule has 3 rings (SSSR count). The lowest BCUT2D eigenvalue weighted by Crippen LogP contribution is -2.39. The van der Waals surface area contributed by atoms with Crippen molar-refractivity contribution in [3.8, 4) is 0 Å². The van der Waals surface area contributed by atoms with E-state index >= 15 is 0 Å². The van der Waals surface area contributed by atoms with Crippen molar-refractivity contribution in [2.75, 3.05) is 18.4 Å². The van der Waals surface area contributed by atoms with E-state index in [1.807, 2.05) is 12.1 Å². The standard InChI is InChI=1S/C17H24N2O/c1-2-3-12-19(13-8-9-13)17(20)15-10-11-18-16-7-5-4-6-14(15)16/h4-7,13,15,18H,2-3,8-12H2,1H3. The number of anilines is 1. The van der Waals surface area contributed by atoms with Crippen LogP contribution in [-0.4, -0.2) is 29.9 Å². The van der Waals surface area contributed by atoms with Gasteiger partial charge in [-0.3, -0.25) is 4.79 Å². The number of nitrogens with one attached hydrogen (secondary N) is 1. The zero-order valence-electron chi connectivity index (χ0n) is 12.3. The van der Waals surface area contributed by atoms with Gasteiger partial charge in [-0.25, -0.2) is 0 Å². The number of para-hydroxylation sites is 1. The fourth-order valence-electron chi connectivity index (χ4n) is 3.11. The molecule has 1 fully saturated rings. The Morgan fingerprint density at radius 1 is 1.30 bits per heavy atom. The maximum absolute atomic E-state index is 12.9. The van der Waals surface area contributed by atoms with E-state index in [-0.39, 0.29) is 5.92 Å². The van der Waals surface area contributed by atoms with Gasteiger partial charge in [0.25, 0.3) is 0 Å². The Hall–Kier alpha value is -1.51. The van der Waals surface area contributed by atoms with Crippen molar-refractivity contribution in [3.63, 3.8) is 0 Å². The van der Waals surface area contributed by atoms with E-state index in [4.69, 9.17) is 0 Å². The molecule has 0 aromatic heterocycles. The van der Waals surface area contributed by atoms with Gasteiger partial charge in [-0.15, -0.1) is 0 Å². The summed E-state index contributed by atoms with van der Waals surface area (Å²) in [6.07, 6.45) is 5.59. The van der Waals surface area contributed by atoms with Crippen LogP contribution in [0.5, 0.6) is 0 Å². The maximum atomic E-state index is 12.9. The Bertz CT molecular complexity index is 482. The molecule has 0 radical (unpaired) electrons. The molecule has 1 aromatic rings. The van der Waals surface area contributed by atoms with Crippen molar-refractivity contribution < 1.29 is 4.79 Å². The normalized spacial score (nSPS) is 20.9. The predicted octanol–water partition coefficient (Wildman–Crippen LogP) is 3.38. The van der Waals surface area contributed by atoms with Gasteiger partial charge in [0, 0.05) is 24.8 Å². The van der Waals surface area contributed by atoms with Crippen LogP contribution in [0.1, 0.15) is 50.5 Å². The van der Waals surface area contributed by atoms with E-state index in [1.165, 1.54) is 18.4 Å². The third-order valence-electron chi connectivity index (χ3n) is 4.41. The zero-order chi connectivity index (χ0) is 13.9. The number of rotatable bonds is 5. The summed E-state index contributed by atoms with van der Waals surface area (Å²) in [6, 6.07) is 8.79. The smallest absolute Gasteiger partial charge is 0.230 e. The van der Waals surface area contributed by atoms with Crippen molar-refractivity contribution in [2.24, 2.45) is 0 Å². The lowest BCUT2D eigenvalue weighted by atomic mass is 9.89. The molecule has 1 atom stereocenters. The summed E-state index contributed by atoms with van der Waals surface area (Å²) in [4.78, 5) is 15.1. The number of amides is 1. The molecular formula is C17H24N2O. The monoisotopic (exact) mass is 272 g/mol. The summed E-state index contributed by atoms with van der Waals surface area (Å²) in [7, 11) is 0. The topological polar surface area (TPSA) is 32.3 Å². The molecular weight excluding hydrogens is 248 g/mol. The lowest BCUT2D eigenvalue weighted by molar-refractivity contribution is -0.133. The predicted molar refractivity (Wildman–Crippen MR) is 81.9 cm³/mol. The first-order valence-electron chi connectivity index (χ1n) is 7.94. The molecule has 1 amide bonds. The summed E-state index contributed by atoms with van der Waals surface area (Å²) < 4.78 is 0. The summed E-state index contributed by atoms with van der Waals surface area (Å²) >= 11 is 0. The van der Waals surface area contributed by atoms with Crippen molar-refractivity contribution in [2.45, 2.75) is 51.0 Å². The van der Waals surface area contributed by atoms with Gasteiger partial charge in [-0.05, 0) is 37.3 Å². The van der Waals surface area contributed by atoms with Gasteiger partial charge in [-0.2, -0.15) is 0 Å². The number of hydrogen-bond donors (Lipinski definition) is 1. The van der Waals surface area contributed by atoms with E-state index in [0.717, 1.165) is 38.0 Å². The van der Waals surface area contributed by atoms with E-state index in [9.17, 15) is 4.79 Å². The number of carbonyl (C=O) groups is 1. The van der Waals surface area contributed by atoms with Crippen LogP contribution in [0.4, 0.5) is 5.69 Å². The Balaban J connectivity index is 1.79. The largest absolute Gasteiger partial charge is 0.385 e. The first-order valence-corrected chi connectivity index (χ1v) is 7.94. The Kier molecular flexibility index (Phi) is 3.95. The third-order valence-corrected chi connectivity index (χ3v) is 4.41. The van der Waals surface area contributed by atoms with Crippen molar-refractivity contribution in [1.29, 1.82) is 0 Å². The molecule has 1 saturated carbocycles. The van der Waals surface area contributed by atoms with Gasteiger partial charge in [0.15, 0.2) is 0 Å². The van der Waals surface area contributed by atoms with Gasteiger partial charge in [-0.1, -0.05) is 31.5 Å². The number of fused-ring (bicyclic) bond motifs is 1. The molecule has 2 aliphatic rings. The molecule has 0 spiro atoms. The minimum atomic E-state index is 0.0601. The van der Waals surface area contributed by atoms with Gasteiger partial charge in [0.05, 0.1) is 5.92 Å². The van der Waals surface area contributed by atoms with Crippen LogP contribution in [0.2, 0.25) is 0 Å². The molecule has 1 heterocycles. The van der Waals surface area contributed by atoms with E-state index in [1.54, 1.807) is 0 Å². The fraction of sp³-hybridized carbons (Fsp3) is 0.588. The second kappa shape index (κ2) is 5.86. The van der Waals surface area contributed by atoms with Crippen LogP contribution < -0.4 is 5.32 Å². The molecule has 1 unspecified atom stereocenters. The Labute approximate surface area is 121 Å². The van der Waals surface area contributed by atoms with E-state index in [2.05, 4.69) is 29.3 Å². The van der Waals surface area contributed by atoms with Gasteiger partial charge in [0.2, 0.25) is 5.91 Å². The summed E-state index contributed by atoms with van der Waals surface area (Å²) in [5.41, 5.74) is 2.33. The quantitative estimate of drug-likeness (QED) is 0.891. The van der Waals surface area contributed by atoms with Crippen molar-refractivity contribution >= 4 is 11.6 Å². The van der Waals surface area contributed by atoms with Crippen LogP contribution >= 0.6 is 0 Å². The second-order valence-electron chi connectivity index (χ2n) is 5.97. The molecule has 0 bridgehead atoms. The highest BCUT2D eigenvalue weighted by Gasteiger charge is 2.37. The first kappa shape index (κ1) is 13.5. The van der Waals surface area contributed by atoms with Crippen LogP contribution in [0.25, 0.3) is 0 Å². The van der Waals surface area contributed by atoms with Crippen molar-refractivity contribution in [1.82, 2.24) is 4.90 Å². The van der Waals surface area contributed by atoms with Crippen LogP contribution in [0, 0.1) is 0 Å². The maximum Gasteiger partial charge on any atom is 0.230 e. The Morgan fingerprint density at radius 3 is 2.85 bits per heavy atom. The average molecular weight is 272 g/mol. The molecule has 1 aliphatic carbocycles. The van der Waals surface area contributed by atoms with E-state index in [0.29, 0.717) is 11.9 Å². The SMILES string of the molecule is CCCCN(C(=O)C1CCNc2ccccc21)C1CC1. The number of nitrogens with zero attached hydrogens (tertiary/aromatic N) is 1. The summed E-state index contributed by atoms with van der Waals surface area (Å²) in [5, 5.41) is 3.40. The van der Waals surface area contributed by atoms with Crippen LogP contribution in [0.15, 0.2) is 24.3 Å². The Morgan fingerprint density at radius 2 is 2.10 bits per heavy atom. The average Bonchev–Trinajstić information content (AvgIpc) is 3.31. The summed E-state index contributed by atoms with van der Waals surface area (Å²) in [6.45, 7) is 4.03. The van der Waals surface area contributed by atoms with Gasteiger partial charge in [0.1, 0.15) is 0 Å². The zero-order valence-corrected chi connectivity index (χ0v) is 12.3. The minimum Gasteiger partial charge on any atom is -0.385 e. The molecule has 1 aliphatic heterocycles. The van der Waals surface area contributed by atoms with Crippen LogP contribution in [-0.2, 0) is 4.79 Å². The third kappa shape index (κ3) is 2.67. The highest BCUT2D eigenvalue weighted by molar-refractivity contribution is 5.86. The molecule has 3 nitrogen and oxygen atoms in total. The van der Waals surface area contributed by atoms with Gasteiger partial charge < -0.3 is 10.2 Å². The summed E-state index contributed by atoms with van der Waals surface area (Å²) in [5.74, 6) is 0.416. The first-order chi connectivity index (χ1) is 9.81. The van der Waals surface area contributed by atoms with Gasteiger partial charge >= 0.3 is 0 Å².